The van der Waals surface area contributed by atoms with Crippen LogP contribution in [0.3, 0.4) is 0 Å². The summed E-state index contributed by atoms with van der Waals surface area (Å²) in [6.45, 7) is 6.76. The summed E-state index contributed by atoms with van der Waals surface area (Å²) in [4.78, 5) is 2.55. The summed E-state index contributed by atoms with van der Waals surface area (Å²) in [6, 6.07) is 8.87. The number of nitrogens with zero attached hydrogens (tertiary/aromatic N) is 1. The average molecular weight is 267 g/mol. The molecule has 1 aliphatic heterocycles. The monoisotopic (exact) mass is 266 g/mol. The average Bonchev–Trinajstić information content (AvgIpc) is 2.55. The molecule has 3 heteroatoms. The lowest BCUT2D eigenvalue weighted by molar-refractivity contribution is 0.255. The molecule has 2 nitrogen and oxygen atoms in total. The molecule has 1 fully saturated rings. The molecular formula is C15H23ClN2. The van der Waals surface area contributed by atoms with E-state index in [1.807, 2.05) is 12.1 Å². The van der Waals surface area contributed by atoms with E-state index in [-0.39, 0.29) is 0 Å². The Kier molecular flexibility index (Phi) is 5.48. The SMILES string of the molecule is CCCC1CN(Cc2cccc(Cl)c2)CCCN1. The van der Waals surface area contributed by atoms with E-state index in [4.69, 9.17) is 11.6 Å². The zero-order chi connectivity index (χ0) is 12.8. The normalized spacial score (nSPS) is 21.8. The molecule has 1 N–H and O–H groups in total. The largest absolute Gasteiger partial charge is 0.313 e. The molecule has 0 bridgehead atoms. The first kappa shape index (κ1) is 13.9. The van der Waals surface area contributed by atoms with Gasteiger partial charge in [0.15, 0.2) is 0 Å². The van der Waals surface area contributed by atoms with Crippen molar-refractivity contribution in [2.24, 2.45) is 0 Å². The zero-order valence-corrected chi connectivity index (χ0v) is 11.9. The number of nitrogens with one attached hydrogen (secondary N) is 1. The van der Waals surface area contributed by atoms with Crippen LogP contribution in [0.4, 0.5) is 0 Å². The molecular weight excluding hydrogens is 244 g/mol. The molecule has 0 radical (unpaired) electrons. The van der Waals surface area contributed by atoms with E-state index in [2.05, 4.69) is 29.3 Å². The number of hydrogen-bond donors (Lipinski definition) is 1. The highest BCUT2D eigenvalue weighted by Crippen LogP contribution is 2.14. The van der Waals surface area contributed by atoms with Crippen LogP contribution in [-0.4, -0.2) is 30.6 Å². The van der Waals surface area contributed by atoms with Gasteiger partial charge in [0.25, 0.3) is 0 Å². The standard InChI is InChI=1S/C15H23ClN2/c1-2-5-15-12-18(9-4-8-17-15)11-13-6-3-7-14(16)10-13/h3,6-7,10,15,17H,2,4-5,8-9,11-12H2,1H3. The third-order valence-corrected chi connectivity index (χ3v) is 3.73. The van der Waals surface area contributed by atoms with E-state index in [1.54, 1.807) is 0 Å². The first-order valence-corrected chi connectivity index (χ1v) is 7.36. The van der Waals surface area contributed by atoms with Gasteiger partial charge in [0, 0.05) is 24.2 Å². The Morgan fingerprint density at radius 1 is 1.44 bits per heavy atom. The van der Waals surface area contributed by atoms with Crippen LogP contribution in [0.1, 0.15) is 31.7 Å². The van der Waals surface area contributed by atoms with Gasteiger partial charge in [-0.1, -0.05) is 37.1 Å². The lowest BCUT2D eigenvalue weighted by Crippen LogP contribution is -2.37. The summed E-state index contributed by atoms with van der Waals surface area (Å²) in [7, 11) is 0. The Labute approximate surface area is 115 Å². The second-order valence-corrected chi connectivity index (χ2v) is 5.59. The van der Waals surface area contributed by atoms with E-state index in [1.165, 1.54) is 31.4 Å². The Morgan fingerprint density at radius 2 is 2.33 bits per heavy atom. The van der Waals surface area contributed by atoms with Crippen LogP contribution in [0.15, 0.2) is 24.3 Å². The Balaban J connectivity index is 1.94. The fraction of sp³-hybridized carbons (Fsp3) is 0.600. The van der Waals surface area contributed by atoms with Crippen molar-refractivity contribution in [2.75, 3.05) is 19.6 Å². The molecule has 0 amide bonds. The second-order valence-electron chi connectivity index (χ2n) is 5.16. The molecule has 1 atom stereocenters. The van der Waals surface area contributed by atoms with Gasteiger partial charge in [-0.15, -0.1) is 0 Å². The van der Waals surface area contributed by atoms with Crippen molar-refractivity contribution in [2.45, 2.75) is 38.8 Å². The van der Waals surface area contributed by atoms with Crippen LogP contribution in [0.2, 0.25) is 5.02 Å². The van der Waals surface area contributed by atoms with Crippen LogP contribution in [0.25, 0.3) is 0 Å². The van der Waals surface area contributed by atoms with Crippen molar-refractivity contribution in [1.82, 2.24) is 10.2 Å². The lowest BCUT2D eigenvalue weighted by atomic mass is 10.1. The first-order chi connectivity index (χ1) is 8.78. The predicted octanol–water partition coefficient (Wildman–Crippen LogP) is 3.30. The van der Waals surface area contributed by atoms with Crippen LogP contribution in [0, 0.1) is 0 Å². The van der Waals surface area contributed by atoms with Crippen LogP contribution >= 0.6 is 11.6 Å². The maximum Gasteiger partial charge on any atom is 0.0409 e. The van der Waals surface area contributed by atoms with Gasteiger partial charge in [0.1, 0.15) is 0 Å². The van der Waals surface area contributed by atoms with Gasteiger partial charge < -0.3 is 5.32 Å². The molecule has 1 aliphatic rings. The zero-order valence-electron chi connectivity index (χ0n) is 11.2. The minimum absolute atomic E-state index is 0.650. The van der Waals surface area contributed by atoms with Crippen molar-refractivity contribution in [3.8, 4) is 0 Å². The predicted molar refractivity (Wildman–Crippen MR) is 78.0 cm³/mol. The summed E-state index contributed by atoms with van der Waals surface area (Å²) >= 11 is 6.04. The highest BCUT2D eigenvalue weighted by molar-refractivity contribution is 6.30. The molecule has 0 saturated carbocycles. The van der Waals surface area contributed by atoms with Gasteiger partial charge in [-0.05, 0) is 43.6 Å². The molecule has 1 heterocycles. The van der Waals surface area contributed by atoms with Gasteiger partial charge in [0.2, 0.25) is 0 Å². The van der Waals surface area contributed by atoms with Gasteiger partial charge in [0.05, 0.1) is 0 Å². The van der Waals surface area contributed by atoms with Crippen LogP contribution < -0.4 is 5.32 Å². The van der Waals surface area contributed by atoms with Crippen molar-refractivity contribution >= 4 is 11.6 Å². The number of halogens is 1. The third-order valence-electron chi connectivity index (χ3n) is 3.50. The van der Waals surface area contributed by atoms with E-state index >= 15 is 0 Å². The quantitative estimate of drug-likeness (QED) is 0.900. The maximum absolute atomic E-state index is 6.04. The molecule has 0 aliphatic carbocycles. The molecule has 100 valence electrons. The van der Waals surface area contributed by atoms with E-state index < -0.39 is 0 Å². The van der Waals surface area contributed by atoms with Gasteiger partial charge in [-0.25, -0.2) is 0 Å². The van der Waals surface area contributed by atoms with Crippen molar-refractivity contribution in [3.05, 3.63) is 34.9 Å². The van der Waals surface area contributed by atoms with Crippen LogP contribution in [0.5, 0.6) is 0 Å². The summed E-state index contributed by atoms with van der Waals surface area (Å²) < 4.78 is 0. The molecule has 1 unspecified atom stereocenters. The third kappa shape index (κ3) is 4.27. The molecule has 2 rings (SSSR count). The van der Waals surface area contributed by atoms with Crippen LogP contribution in [-0.2, 0) is 6.54 Å². The first-order valence-electron chi connectivity index (χ1n) is 6.98. The Morgan fingerprint density at radius 3 is 3.11 bits per heavy atom. The minimum atomic E-state index is 0.650. The summed E-state index contributed by atoms with van der Waals surface area (Å²) in [5, 5.41) is 4.48. The topological polar surface area (TPSA) is 15.3 Å². The molecule has 1 saturated heterocycles. The molecule has 0 spiro atoms. The Hall–Kier alpha value is -0.570. The molecule has 0 aromatic heterocycles. The number of rotatable bonds is 4. The van der Waals surface area contributed by atoms with E-state index in [0.717, 1.165) is 24.7 Å². The van der Waals surface area contributed by atoms with Crippen molar-refractivity contribution < 1.29 is 0 Å². The summed E-state index contributed by atoms with van der Waals surface area (Å²) in [5.74, 6) is 0. The van der Waals surface area contributed by atoms with Crippen molar-refractivity contribution in [3.63, 3.8) is 0 Å². The number of benzene rings is 1. The molecule has 18 heavy (non-hydrogen) atoms. The van der Waals surface area contributed by atoms with E-state index in [9.17, 15) is 0 Å². The molecule has 1 aromatic carbocycles. The highest BCUT2D eigenvalue weighted by Gasteiger charge is 2.16. The minimum Gasteiger partial charge on any atom is -0.313 e. The lowest BCUT2D eigenvalue weighted by Gasteiger charge is -2.24. The smallest absolute Gasteiger partial charge is 0.0409 e. The number of hydrogen-bond acceptors (Lipinski definition) is 2. The summed E-state index contributed by atoms with van der Waals surface area (Å²) in [6.07, 6.45) is 3.76. The molecule has 1 aromatic rings. The summed E-state index contributed by atoms with van der Waals surface area (Å²) in [5.41, 5.74) is 1.32. The van der Waals surface area contributed by atoms with Gasteiger partial charge in [-0.2, -0.15) is 0 Å². The van der Waals surface area contributed by atoms with E-state index in [0.29, 0.717) is 6.04 Å². The fourth-order valence-corrected chi connectivity index (χ4v) is 2.87. The van der Waals surface area contributed by atoms with Gasteiger partial charge in [-0.3, -0.25) is 4.90 Å². The second kappa shape index (κ2) is 7.13. The Bertz CT molecular complexity index is 367. The van der Waals surface area contributed by atoms with Crippen molar-refractivity contribution in [1.29, 1.82) is 0 Å². The van der Waals surface area contributed by atoms with Gasteiger partial charge >= 0.3 is 0 Å². The highest BCUT2D eigenvalue weighted by atomic mass is 35.5. The maximum atomic E-state index is 6.04. The fourth-order valence-electron chi connectivity index (χ4n) is 2.66.